The summed E-state index contributed by atoms with van der Waals surface area (Å²) in [7, 11) is 1.84. The van der Waals surface area contributed by atoms with Gasteiger partial charge in [-0.3, -0.25) is 9.78 Å². The maximum Gasteiger partial charge on any atom is 0.215 e. The van der Waals surface area contributed by atoms with Crippen LogP contribution in [0.2, 0.25) is 0 Å². The zero-order valence-electron chi connectivity index (χ0n) is 9.87. The highest BCUT2D eigenvalue weighted by atomic mass is 16.1. The zero-order valence-corrected chi connectivity index (χ0v) is 9.87. The summed E-state index contributed by atoms with van der Waals surface area (Å²) in [5, 5.41) is 0.958. The molecule has 2 heterocycles. The van der Waals surface area contributed by atoms with Crippen molar-refractivity contribution in [3.63, 3.8) is 0 Å². The lowest BCUT2D eigenvalue weighted by atomic mass is 10.0. The first-order valence-corrected chi connectivity index (χ1v) is 5.62. The predicted molar refractivity (Wildman–Crippen MR) is 68.4 cm³/mol. The van der Waals surface area contributed by atoms with Gasteiger partial charge in [0.1, 0.15) is 5.69 Å². The van der Waals surface area contributed by atoms with Crippen molar-refractivity contribution in [2.24, 2.45) is 7.05 Å². The summed E-state index contributed by atoms with van der Waals surface area (Å²) >= 11 is 0. The van der Waals surface area contributed by atoms with E-state index in [4.69, 9.17) is 0 Å². The molecule has 88 valence electrons. The Labute approximate surface area is 104 Å². The number of ketones is 1. The van der Waals surface area contributed by atoms with Gasteiger partial charge in [-0.15, -0.1) is 0 Å². The van der Waals surface area contributed by atoms with Crippen molar-refractivity contribution in [1.82, 2.24) is 14.5 Å². The van der Waals surface area contributed by atoms with Crippen molar-refractivity contribution in [1.29, 1.82) is 0 Å². The highest BCUT2D eigenvalue weighted by molar-refractivity contribution is 6.14. The third-order valence-corrected chi connectivity index (χ3v) is 2.81. The topological polar surface area (TPSA) is 47.8 Å². The van der Waals surface area contributed by atoms with E-state index < -0.39 is 0 Å². The molecule has 3 rings (SSSR count). The van der Waals surface area contributed by atoms with Gasteiger partial charge in [0, 0.05) is 24.8 Å². The molecule has 0 radical (unpaired) electrons. The number of imidazole rings is 1. The SMILES string of the molecule is Cn1cnc(C(=O)c2cccc3cccnc23)c1. The summed E-state index contributed by atoms with van der Waals surface area (Å²) < 4.78 is 1.76. The Morgan fingerprint density at radius 1 is 1.17 bits per heavy atom. The predicted octanol–water partition coefficient (Wildman–Crippen LogP) is 2.20. The van der Waals surface area contributed by atoms with Crippen molar-refractivity contribution < 1.29 is 4.79 Å². The van der Waals surface area contributed by atoms with E-state index in [0.29, 0.717) is 11.3 Å². The van der Waals surface area contributed by atoms with Crippen LogP contribution in [0.4, 0.5) is 0 Å². The molecule has 2 aromatic heterocycles. The third-order valence-electron chi connectivity index (χ3n) is 2.81. The fourth-order valence-electron chi connectivity index (χ4n) is 1.96. The van der Waals surface area contributed by atoms with Crippen LogP contribution in [0.5, 0.6) is 0 Å². The molecule has 0 aliphatic heterocycles. The quantitative estimate of drug-likeness (QED) is 0.642. The number of hydrogen-bond acceptors (Lipinski definition) is 3. The van der Waals surface area contributed by atoms with E-state index in [1.54, 1.807) is 29.4 Å². The summed E-state index contributed by atoms with van der Waals surface area (Å²) in [5.74, 6) is -0.0973. The Bertz CT molecular complexity index is 725. The molecule has 1 aromatic carbocycles. The number of hydrogen-bond donors (Lipinski definition) is 0. The number of aromatic nitrogens is 3. The number of carbonyl (C=O) groups excluding carboxylic acids is 1. The van der Waals surface area contributed by atoms with Gasteiger partial charge in [0.2, 0.25) is 5.78 Å². The molecule has 0 saturated carbocycles. The molecule has 0 fully saturated rings. The van der Waals surface area contributed by atoms with Crippen LogP contribution >= 0.6 is 0 Å². The molecule has 0 amide bonds. The number of fused-ring (bicyclic) bond motifs is 1. The molecule has 0 N–H and O–H groups in total. The van der Waals surface area contributed by atoms with Gasteiger partial charge in [-0.25, -0.2) is 4.98 Å². The van der Waals surface area contributed by atoms with E-state index in [1.807, 2.05) is 31.3 Å². The van der Waals surface area contributed by atoms with Crippen molar-refractivity contribution in [3.8, 4) is 0 Å². The maximum absolute atomic E-state index is 12.4. The van der Waals surface area contributed by atoms with Crippen LogP contribution in [0, 0.1) is 0 Å². The molecule has 0 spiro atoms. The first-order valence-electron chi connectivity index (χ1n) is 5.62. The van der Waals surface area contributed by atoms with E-state index in [0.717, 1.165) is 10.9 Å². The minimum absolute atomic E-state index is 0.0973. The summed E-state index contributed by atoms with van der Waals surface area (Å²) in [6.07, 6.45) is 5.02. The standard InChI is InChI=1S/C14H11N3O/c1-17-8-12(16-9-17)14(18)11-6-2-4-10-5-3-7-15-13(10)11/h2-9H,1H3. The Kier molecular flexibility index (Phi) is 2.41. The largest absolute Gasteiger partial charge is 0.340 e. The molecule has 3 aromatic rings. The van der Waals surface area contributed by atoms with Gasteiger partial charge < -0.3 is 4.57 Å². The number of benzene rings is 1. The summed E-state index contributed by atoms with van der Waals surface area (Å²) in [6.45, 7) is 0. The third kappa shape index (κ3) is 1.68. The lowest BCUT2D eigenvalue weighted by molar-refractivity contribution is 0.103. The minimum Gasteiger partial charge on any atom is -0.340 e. The van der Waals surface area contributed by atoms with Gasteiger partial charge >= 0.3 is 0 Å². The van der Waals surface area contributed by atoms with Gasteiger partial charge in [-0.05, 0) is 12.1 Å². The highest BCUT2D eigenvalue weighted by Crippen LogP contribution is 2.18. The first kappa shape index (κ1) is 10.7. The van der Waals surface area contributed by atoms with Gasteiger partial charge in [-0.1, -0.05) is 18.2 Å². The van der Waals surface area contributed by atoms with Gasteiger partial charge in [0.05, 0.1) is 17.4 Å². The van der Waals surface area contributed by atoms with Gasteiger partial charge in [0.15, 0.2) is 0 Å². The van der Waals surface area contributed by atoms with Crippen LogP contribution in [0.1, 0.15) is 16.1 Å². The summed E-state index contributed by atoms with van der Waals surface area (Å²) in [4.78, 5) is 20.7. The van der Waals surface area contributed by atoms with Crippen LogP contribution in [-0.4, -0.2) is 20.3 Å². The average molecular weight is 237 g/mol. The van der Waals surface area contributed by atoms with E-state index >= 15 is 0 Å². The number of para-hydroxylation sites is 1. The lowest BCUT2D eigenvalue weighted by Crippen LogP contribution is -2.03. The average Bonchev–Trinajstić information content (AvgIpc) is 2.84. The van der Waals surface area contributed by atoms with E-state index in [9.17, 15) is 4.79 Å². The number of aryl methyl sites for hydroxylation is 1. The summed E-state index contributed by atoms with van der Waals surface area (Å²) in [5.41, 5.74) is 1.75. The Hall–Kier alpha value is -2.49. The Balaban J connectivity index is 2.17. The monoisotopic (exact) mass is 237 g/mol. The van der Waals surface area contributed by atoms with Crippen LogP contribution in [0.15, 0.2) is 49.1 Å². The molecule has 0 aliphatic rings. The number of carbonyl (C=O) groups is 1. The second-order valence-electron chi connectivity index (χ2n) is 4.13. The first-order chi connectivity index (χ1) is 8.75. The van der Waals surface area contributed by atoms with Crippen molar-refractivity contribution in [2.75, 3.05) is 0 Å². The van der Waals surface area contributed by atoms with Crippen LogP contribution in [0.25, 0.3) is 10.9 Å². The molecule has 4 heteroatoms. The van der Waals surface area contributed by atoms with Crippen LogP contribution < -0.4 is 0 Å². The molecule has 0 bridgehead atoms. The summed E-state index contributed by atoms with van der Waals surface area (Å²) in [6, 6.07) is 9.39. The van der Waals surface area contributed by atoms with Crippen molar-refractivity contribution in [2.45, 2.75) is 0 Å². The van der Waals surface area contributed by atoms with E-state index in [-0.39, 0.29) is 5.78 Å². The lowest BCUT2D eigenvalue weighted by Gasteiger charge is -2.02. The minimum atomic E-state index is -0.0973. The molecule has 0 aliphatic carbocycles. The van der Waals surface area contributed by atoms with Crippen molar-refractivity contribution in [3.05, 3.63) is 60.3 Å². The fourth-order valence-corrected chi connectivity index (χ4v) is 1.96. The molecule has 4 nitrogen and oxygen atoms in total. The molecule has 0 saturated heterocycles. The van der Waals surface area contributed by atoms with Gasteiger partial charge in [0.25, 0.3) is 0 Å². The smallest absolute Gasteiger partial charge is 0.215 e. The molecule has 0 atom stereocenters. The van der Waals surface area contributed by atoms with Crippen molar-refractivity contribution >= 4 is 16.7 Å². The normalized spacial score (nSPS) is 10.7. The number of rotatable bonds is 2. The van der Waals surface area contributed by atoms with Crippen LogP contribution in [-0.2, 0) is 7.05 Å². The number of nitrogens with zero attached hydrogens (tertiary/aromatic N) is 3. The maximum atomic E-state index is 12.4. The Morgan fingerprint density at radius 2 is 2.00 bits per heavy atom. The zero-order chi connectivity index (χ0) is 12.5. The second kappa shape index (κ2) is 4.07. The van der Waals surface area contributed by atoms with E-state index in [1.165, 1.54) is 0 Å². The van der Waals surface area contributed by atoms with Gasteiger partial charge in [-0.2, -0.15) is 0 Å². The highest BCUT2D eigenvalue weighted by Gasteiger charge is 2.15. The van der Waals surface area contributed by atoms with E-state index in [2.05, 4.69) is 9.97 Å². The molecule has 0 unspecified atom stereocenters. The van der Waals surface area contributed by atoms with Crippen LogP contribution in [0.3, 0.4) is 0 Å². The Morgan fingerprint density at radius 3 is 2.78 bits per heavy atom. The fraction of sp³-hybridized carbons (Fsp3) is 0.0714. The molecular formula is C14H11N3O. The molecule has 18 heavy (non-hydrogen) atoms. The number of pyridine rings is 1. The second-order valence-corrected chi connectivity index (χ2v) is 4.13. The molecular weight excluding hydrogens is 226 g/mol.